The highest BCUT2D eigenvalue weighted by Crippen LogP contribution is 2.51. The molecule has 2 aromatic rings. The summed E-state index contributed by atoms with van der Waals surface area (Å²) in [6.07, 6.45) is 14.6. The third kappa shape index (κ3) is 3.74. The molecule has 0 amide bonds. The smallest absolute Gasteiger partial charge is 0.123 e. The second-order valence-electron chi connectivity index (χ2n) is 10.4. The van der Waals surface area contributed by atoms with Crippen molar-refractivity contribution in [2.75, 3.05) is 0 Å². The zero-order valence-corrected chi connectivity index (χ0v) is 17.4. The van der Waals surface area contributed by atoms with Crippen molar-refractivity contribution in [3.05, 3.63) is 47.8 Å². The van der Waals surface area contributed by atoms with Crippen molar-refractivity contribution in [2.24, 2.45) is 29.6 Å². The lowest BCUT2D eigenvalue weighted by molar-refractivity contribution is 0.0732. The summed E-state index contributed by atoms with van der Waals surface area (Å²) in [4.78, 5) is 0. The van der Waals surface area contributed by atoms with Gasteiger partial charge in [0.2, 0.25) is 0 Å². The van der Waals surface area contributed by atoms with Gasteiger partial charge in [-0.15, -0.1) is 0 Å². The quantitative estimate of drug-likeness (QED) is 0.495. The van der Waals surface area contributed by atoms with Crippen LogP contribution in [0.25, 0.3) is 10.8 Å². The third-order valence-corrected chi connectivity index (χ3v) is 8.68. The second kappa shape index (κ2) is 7.81. The van der Waals surface area contributed by atoms with E-state index in [1.54, 1.807) is 12.1 Å². The Kier molecular flexibility index (Phi) is 5.20. The van der Waals surface area contributed by atoms with Crippen LogP contribution >= 0.6 is 0 Å². The summed E-state index contributed by atoms with van der Waals surface area (Å²) in [5, 5.41) is 2.22. The number of hydrogen-bond acceptors (Lipinski definition) is 0. The first-order valence-electron chi connectivity index (χ1n) is 11.8. The van der Waals surface area contributed by atoms with Gasteiger partial charge in [0.25, 0.3) is 0 Å². The van der Waals surface area contributed by atoms with Gasteiger partial charge >= 0.3 is 0 Å². The van der Waals surface area contributed by atoms with Crippen LogP contribution in [-0.4, -0.2) is 0 Å². The molecule has 0 N–H and O–H groups in total. The number of hydrogen-bond donors (Lipinski definition) is 0. The first-order valence-corrected chi connectivity index (χ1v) is 11.8. The number of rotatable bonds is 2. The van der Waals surface area contributed by atoms with Gasteiger partial charge in [0.15, 0.2) is 0 Å². The van der Waals surface area contributed by atoms with Crippen LogP contribution in [-0.2, 0) is 0 Å². The van der Waals surface area contributed by atoms with Gasteiger partial charge in [-0.2, -0.15) is 0 Å². The van der Waals surface area contributed by atoms with E-state index in [1.807, 2.05) is 6.07 Å². The Balaban J connectivity index is 1.24. The van der Waals surface area contributed by atoms with Gasteiger partial charge in [0, 0.05) is 0 Å². The average molecular weight is 379 g/mol. The highest BCUT2D eigenvalue weighted by Gasteiger charge is 2.38. The van der Waals surface area contributed by atoms with Crippen molar-refractivity contribution < 1.29 is 4.39 Å². The van der Waals surface area contributed by atoms with E-state index in [4.69, 9.17) is 0 Å². The van der Waals surface area contributed by atoms with Crippen molar-refractivity contribution in [2.45, 2.75) is 77.0 Å². The molecule has 0 spiro atoms. The van der Waals surface area contributed by atoms with Crippen molar-refractivity contribution in [1.82, 2.24) is 0 Å². The molecular formula is C27H35F. The fourth-order valence-electron chi connectivity index (χ4n) is 6.90. The minimum atomic E-state index is -0.134. The summed E-state index contributed by atoms with van der Waals surface area (Å²) in [7, 11) is 0. The Labute approximate surface area is 169 Å². The Hall–Kier alpha value is -1.37. The maximum absolute atomic E-state index is 13.5. The molecule has 2 aromatic carbocycles. The summed E-state index contributed by atoms with van der Waals surface area (Å²) < 4.78 is 13.5. The predicted molar refractivity (Wildman–Crippen MR) is 116 cm³/mol. The van der Waals surface area contributed by atoms with Gasteiger partial charge in [-0.1, -0.05) is 44.0 Å². The maximum Gasteiger partial charge on any atom is 0.123 e. The molecule has 150 valence electrons. The van der Waals surface area contributed by atoms with E-state index in [1.165, 1.54) is 75.2 Å². The van der Waals surface area contributed by atoms with E-state index < -0.39 is 0 Å². The summed E-state index contributed by atoms with van der Waals surface area (Å²) in [5.74, 6) is 5.55. The monoisotopic (exact) mass is 378 g/mol. The predicted octanol–water partition coefficient (Wildman–Crippen LogP) is 8.11. The molecule has 3 fully saturated rings. The van der Waals surface area contributed by atoms with Crippen LogP contribution in [0, 0.1) is 35.4 Å². The van der Waals surface area contributed by atoms with Crippen LogP contribution in [0.2, 0.25) is 0 Å². The van der Waals surface area contributed by atoms with Gasteiger partial charge in [-0.25, -0.2) is 4.39 Å². The van der Waals surface area contributed by atoms with Gasteiger partial charge < -0.3 is 0 Å². The molecule has 0 aromatic heterocycles. The SMILES string of the molecule is CC1CCC(C2CCC3CC(c4ccc5cc(F)ccc5c4)CCC3C2)CC1. The first kappa shape index (κ1) is 18.6. The van der Waals surface area contributed by atoms with Crippen molar-refractivity contribution in [3.63, 3.8) is 0 Å². The van der Waals surface area contributed by atoms with E-state index in [9.17, 15) is 4.39 Å². The normalized spacial score (nSPS) is 36.2. The summed E-state index contributed by atoms with van der Waals surface area (Å²) >= 11 is 0. The highest BCUT2D eigenvalue weighted by atomic mass is 19.1. The first-order chi connectivity index (χ1) is 13.7. The molecule has 4 atom stereocenters. The van der Waals surface area contributed by atoms with Crippen molar-refractivity contribution >= 4 is 10.8 Å². The Morgan fingerprint density at radius 1 is 0.643 bits per heavy atom. The topological polar surface area (TPSA) is 0 Å². The van der Waals surface area contributed by atoms with Crippen LogP contribution in [0.1, 0.15) is 82.6 Å². The van der Waals surface area contributed by atoms with Crippen LogP contribution < -0.4 is 0 Å². The van der Waals surface area contributed by atoms with E-state index in [0.717, 1.165) is 35.0 Å². The van der Waals surface area contributed by atoms with E-state index in [0.29, 0.717) is 5.92 Å². The maximum atomic E-state index is 13.5. The molecule has 0 nitrogen and oxygen atoms in total. The molecule has 3 aliphatic rings. The molecule has 3 saturated carbocycles. The van der Waals surface area contributed by atoms with Crippen LogP contribution in [0.5, 0.6) is 0 Å². The number of fused-ring (bicyclic) bond motifs is 2. The highest BCUT2D eigenvalue weighted by molar-refractivity contribution is 5.83. The molecular weight excluding hydrogens is 343 g/mol. The third-order valence-electron chi connectivity index (χ3n) is 8.68. The summed E-state index contributed by atoms with van der Waals surface area (Å²) in [5.41, 5.74) is 1.49. The van der Waals surface area contributed by atoms with Gasteiger partial charge in [0.05, 0.1) is 0 Å². The van der Waals surface area contributed by atoms with Crippen LogP contribution in [0.4, 0.5) is 4.39 Å². The fraction of sp³-hybridized carbons (Fsp3) is 0.630. The molecule has 0 saturated heterocycles. The molecule has 28 heavy (non-hydrogen) atoms. The van der Waals surface area contributed by atoms with Crippen molar-refractivity contribution in [1.29, 1.82) is 0 Å². The lowest BCUT2D eigenvalue weighted by Crippen LogP contribution is -2.34. The molecule has 0 radical (unpaired) electrons. The minimum Gasteiger partial charge on any atom is -0.207 e. The minimum absolute atomic E-state index is 0.134. The zero-order valence-electron chi connectivity index (χ0n) is 17.4. The van der Waals surface area contributed by atoms with Gasteiger partial charge in [0.1, 0.15) is 5.82 Å². The van der Waals surface area contributed by atoms with E-state index in [2.05, 4.69) is 25.1 Å². The summed E-state index contributed by atoms with van der Waals surface area (Å²) in [6, 6.07) is 11.9. The standard InChI is InChI=1S/C27H35F/c1-18-2-4-19(5-3-18)20-6-7-22-15-23(9-8-21(22)14-20)24-10-11-26-17-27(28)13-12-25(26)16-24/h10-13,16-23H,2-9,14-15H2,1H3. The van der Waals surface area contributed by atoms with E-state index >= 15 is 0 Å². The van der Waals surface area contributed by atoms with E-state index in [-0.39, 0.29) is 5.82 Å². The molecule has 0 aliphatic heterocycles. The lowest BCUT2D eigenvalue weighted by Gasteiger charge is -2.45. The van der Waals surface area contributed by atoms with Crippen LogP contribution in [0.3, 0.4) is 0 Å². The Bertz CT molecular complexity index is 816. The average Bonchev–Trinajstić information content (AvgIpc) is 2.73. The van der Waals surface area contributed by atoms with Gasteiger partial charge in [-0.05, 0) is 115 Å². The second-order valence-corrected chi connectivity index (χ2v) is 10.4. The fourth-order valence-corrected chi connectivity index (χ4v) is 6.90. The van der Waals surface area contributed by atoms with Gasteiger partial charge in [-0.3, -0.25) is 0 Å². The molecule has 0 bridgehead atoms. The molecule has 1 heteroatoms. The summed E-state index contributed by atoms with van der Waals surface area (Å²) in [6.45, 7) is 2.44. The van der Waals surface area contributed by atoms with Crippen molar-refractivity contribution in [3.8, 4) is 0 Å². The number of halogens is 1. The molecule has 3 aliphatic carbocycles. The lowest BCUT2D eigenvalue weighted by atomic mass is 9.60. The van der Waals surface area contributed by atoms with Crippen LogP contribution in [0.15, 0.2) is 36.4 Å². The zero-order chi connectivity index (χ0) is 19.1. The molecule has 5 rings (SSSR count). The number of benzene rings is 2. The largest absolute Gasteiger partial charge is 0.207 e. The molecule has 4 unspecified atom stereocenters. The Morgan fingerprint density at radius 2 is 1.25 bits per heavy atom. The molecule has 0 heterocycles. The Morgan fingerprint density at radius 3 is 2.07 bits per heavy atom.